The molecule has 6 nitrogen and oxygen atoms in total. The number of anilines is 2. The Morgan fingerprint density at radius 1 is 1.15 bits per heavy atom. The van der Waals surface area contributed by atoms with Gasteiger partial charge in [-0.2, -0.15) is 0 Å². The topological polar surface area (TPSA) is 69.3 Å². The molecule has 3 aliphatic rings. The number of aromatic nitrogens is 1. The summed E-state index contributed by atoms with van der Waals surface area (Å²) in [6, 6.07) is 19.6. The molecule has 3 atom stereocenters. The van der Waals surface area contributed by atoms with Crippen LogP contribution in [0, 0.1) is 0 Å². The third-order valence-corrected chi connectivity index (χ3v) is 7.33. The molecule has 0 saturated carbocycles. The number of fused-ring (bicyclic) bond motifs is 1. The summed E-state index contributed by atoms with van der Waals surface area (Å²) in [5.41, 5.74) is 5.07. The molecule has 3 heterocycles. The Morgan fingerprint density at radius 2 is 1.91 bits per heavy atom. The number of benzene rings is 2. The minimum absolute atomic E-state index is 0.00130. The van der Waals surface area contributed by atoms with Gasteiger partial charge in [0.25, 0.3) is 5.91 Å². The van der Waals surface area contributed by atoms with Crippen molar-refractivity contribution in [3.8, 4) is 0 Å². The lowest BCUT2D eigenvalue weighted by atomic mass is 9.77. The highest BCUT2D eigenvalue weighted by Gasteiger charge is 2.57. The first-order valence-electron chi connectivity index (χ1n) is 11.4. The van der Waals surface area contributed by atoms with E-state index < -0.39 is 5.54 Å². The fourth-order valence-corrected chi connectivity index (χ4v) is 5.69. The predicted molar refractivity (Wildman–Crippen MR) is 134 cm³/mol. The number of rotatable bonds is 4. The molecule has 0 radical (unpaired) electrons. The molecular formula is C27H24ClN5O. The Bertz CT molecular complexity index is 1340. The number of nitrogens with one attached hydrogen (secondary N) is 3. The van der Waals surface area contributed by atoms with Crippen LogP contribution in [-0.4, -0.2) is 23.6 Å². The van der Waals surface area contributed by atoms with Crippen molar-refractivity contribution in [1.82, 2.24) is 15.6 Å². The van der Waals surface area contributed by atoms with Gasteiger partial charge in [0.15, 0.2) is 0 Å². The summed E-state index contributed by atoms with van der Waals surface area (Å²) in [5.74, 6) is -0.138. The van der Waals surface area contributed by atoms with Crippen LogP contribution >= 0.6 is 11.6 Å². The minimum Gasteiger partial charge on any atom is -0.356 e. The molecule has 6 rings (SSSR count). The van der Waals surface area contributed by atoms with E-state index in [2.05, 4.69) is 44.0 Å². The van der Waals surface area contributed by atoms with Crippen molar-refractivity contribution >= 4 is 28.9 Å². The normalized spacial score (nSPS) is 23.1. The smallest absolute Gasteiger partial charge is 0.253 e. The molecule has 1 fully saturated rings. The van der Waals surface area contributed by atoms with Crippen LogP contribution in [0.2, 0.25) is 5.02 Å². The van der Waals surface area contributed by atoms with Crippen molar-refractivity contribution in [3.05, 3.63) is 113 Å². The van der Waals surface area contributed by atoms with E-state index in [4.69, 9.17) is 11.6 Å². The number of carbonyl (C=O) groups is 1. The summed E-state index contributed by atoms with van der Waals surface area (Å²) in [5, 5.41) is 11.1. The van der Waals surface area contributed by atoms with E-state index in [-0.39, 0.29) is 18.0 Å². The molecule has 3 N–H and O–H groups in total. The number of para-hydroxylation sites is 1. The van der Waals surface area contributed by atoms with Crippen molar-refractivity contribution in [3.63, 3.8) is 0 Å². The fourth-order valence-electron chi connectivity index (χ4n) is 5.39. The molecule has 1 spiro atoms. The molecule has 2 unspecified atom stereocenters. The lowest BCUT2D eigenvalue weighted by molar-refractivity contribution is -0.117. The molecule has 7 heteroatoms. The van der Waals surface area contributed by atoms with E-state index in [9.17, 15) is 4.79 Å². The first kappa shape index (κ1) is 21.0. The van der Waals surface area contributed by atoms with Gasteiger partial charge >= 0.3 is 0 Å². The molecule has 1 aromatic heterocycles. The lowest BCUT2D eigenvalue weighted by Crippen LogP contribution is -2.49. The lowest BCUT2D eigenvalue weighted by Gasteiger charge is -2.37. The highest BCUT2D eigenvalue weighted by molar-refractivity contribution is 6.31. The van der Waals surface area contributed by atoms with Crippen LogP contribution in [0.4, 0.5) is 11.4 Å². The van der Waals surface area contributed by atoms with Gasteiger partial charge in [0, 0.05) is 34.4 Å². The van der Waals surface area contributed by atoms with Crippen molar-refractivity contribution in [2.45, 2.75) is 24.5 Å². The van der Waals surface area contributed by atoms with E-state index in [1.165, 1.54) is 0 Å². The monoisotopic (exact) mass is 469 g/mol. The summed E-state index contributed by atoms with van der Waals surface area (Å²) in [4.78, 5) is 20.0. The number of hydrogen-bond donors (Lipinski definition) is 3. The molecule has 170 valence electrons. The highest BCUT2D eigenvalue weighted by Crippen LogP contribution is 2.51. The maximum absolute atomic E-state index is 13.6. The number of halogens is 1. The van der Waals surface area contributed by atoms with Crippen LogP contribution in [0.25, 0.3) is 0 Å². The second-order valence-electron chi connectivity index (χ2n) is 8.80. The summed E-state index contributed by atoms with van der Waals surface area (Å²) in [7, 11) is 0. The molecule has 1 saturated heterocycles. The van der Waals surface area contributed by atoms with E-state index in [1.807, 2.05) is 61.5 Å². The molecule has 34 heavy (non-hydrogen) atoms. The van der Waals surface area contributed by atoms with Gasteiger partial charge in [-0.05, 0) is 42.8 Å². The van der Waals surface area contributed by atoms with Crippen LogP contribution in [0.3, 0.4) is 0 Å². The average Bonchev–Trinajstić information content (AvgIpc) is 3.42. The fraction of sp³-hybridized carbons (Fsp3) is 0.185. The maximum atomic E-state index is 13.6. The average molecular weight is 470 g/mol. The van der Waals surface area contributed by atoms with E-state index in [0.717, 1.165) is 28.2 Å². The predicted octanol–water partition coefficient (Wildman–Crippen LogP) is 4.49. The van der Waals surface area contributed by atoms with E-state index in [0.29, 0.717) is 17.3 Å². The maximum Gasteiger partial charge on any atom is 0.253 e. The minimum atomic E-state index is -0.547. The standard InChI is InChI=1S/C27H24ClN5O/c1-17(19-6-2-4-8-22(19)28)31-26(34)20-10-11-24-27(21-7-3-5-9-23(21)32-25(20)27)30-16-33(24)18-12-14-29-15-13-18/h2-15,17,24,30,32H,16H2,1H3,(H,31,34)/t17?,24-,27?/m1/s1. The summed E-state index contributed by atoms with van der Waals surface area (Å²) in [6.45, 7) is 2.59. The van der Waals surface area contributed by atoms with Gasteiger partial charge in [-0.25, -0.2) is 0 Å². The van der Waals surface area contributed by atoms with Gasteiger partial charge in [-0.1, -0.05) is 54.1 Å². The quantitative estimate of drug-likeness (QED) is 0.525. The van der Waals surface area contributed by atoms with Crippen molar-refractivity contribution in [2.24, 2.45) is 0 Å². The Hall–Kier alpha value is -3.61. The zero-order valence-electron chi connectivity index (χ0n) is 18.6. The Morgan fingerprint density at radius 3 is 2.74 bits per heavy atom. The van der Waals surface area contributed by atoms with Crippen LogP contribution in [0.5, 0.6) is 0 Å². The van der Waals surface area contributed by atoms with E-state index >= 15 is 0 Å². The zero-order valence-corrected chi connectivity index (χ0v) is 19.4. The van der Waals surface area contributed by atoms with Crippen LogP contribution < -0.4 is 20.9 Å². The largest absolute Gasteiger partial charge is 0.356 e. The second-order valence-corrected chi connectivity index (χ2v) is 9.21. The zero-order chi connectivity index (χ0) is 23.3. The number of pyridine rings is 1. The first-order valence-corrected chi connectivity index (χ1v) is 11.7. The van der Waals surface area contributed by atoms with Gasteiger partial charge in [-0.3, -0.25) is 15.1 Å². The molecule has 1 amide bonds. The molecule has 0 bridgehead atoms. The number of carbonyl (C=O) groups excluding carboxylic acids is 1. The Kier molecular flexibility index (Phi) is 4.94. The van der Waals surface area contributed by atoms with Gasteiger partial charge in [0.1, 0.15) is 5.54 Å². The summed E-state index contributed by atoms with van der Waals surface area (Å²) < 4.78 is 0. The third-order valence-electron chi connectivity index (χ3n) is 6.99. The Balaban J connectivity index is 1.40. The van der Waals surface area contributed by atoms with Gasteiger partial charge in [0.05, 0.1) is 30.0 Å². The van der Waals surface area contributed by atoms with Crippen LogP contribution in [0.1, 0.15) is 24.1 Å². The van der Waals surface area contributed by atoms with Crippen molar-refractivity contribution in [1.29, 1.82) is 0 Å². The molecule has 3 aromatic rings. The summed E-state index contributed by atoms with van der Waals surface area (Å²) >= 11 is 6.37. The number of hydrogen-bond acceptors (Lipinski definition) is 5. The SMILES string of the molecule is CC(NC(=O)C1=C2Nc3ccccc3C23NCN(c2ccncc2)[C@@H]3C=C1)c1ccccc1Cl. The first-order chi connectivity index (χ1) is 16.6. The molecule has 2 aliphatic heterocycles. The highest BCUT2D eigenvalue weighted by atomic mass is 35.5. The molecular weight excluding hydrogens is 446 g/mol. The second kappa shape index (κ2) is 8.01. The third kappa shape index (κ3) is 3.06. The van der Waals surface area contributed by atoms with Crippen LogP contribution in [0.15, 0.2) is 96.5 Å². The summed E-state index contributed by atoms with van der Waals surface area (Å²) in [6.07, 6.45) is 7.68. The Labute approximate surface area is 203 Å². The number of nitrogens with zero attached hydrogens (tertiary/aromatic N) is 2. The molecule has 2 aromatic carbocycles. The van der Waals surface area contributed by atoms with Crippen LogP contribution in [-0.2, 0) is 10.3 Å². The number of amides is 1. The van der Waals surface area contributed by atoms with Gasteiger partial charge in [-0.15, -0.1) is 0 Å². The van der Waals surface area contributed by atoms with Gasteiger partial charge in [0.2, 0.25) is 0 Å². The van der Waals surface area contributed by atoms with Crippen molar-refractivity contribution in [2.75, 3.05) is 16.9 Å². The van der Waals surface area contributed by atoms with Crippen molar-refractivity contribution < 1.29 is 4.79 Å². The van der Waals surface area contributed by atoms with Gasteiger partial charge < -0.3 is 15.5 Å². The molecule has 1 aliphatic carbocycles. The van der Waals surface area contributed by atoms with E-state index in [1.54, 1.807) is 12.4 Å².